The van der Waals surface area contributed by atoms with Gasteiger partial charge in [-0.1, -0.05) is 13.8 Å². The zero-order valence-electron chi connectivity index (χ0n) is 9.14. The van der Waals surface area contributed by atoms with Gasteiger partial charge in [0.25, 0.3) is 0 Å². The molecule has 0 aromatic carbocycles. The molecule has 0 fully saturated rings. The minimum absolute atomic E-state index is 0.657. The van der Waals surface area contributed by atoms with Crippen molar-refractivity contribution in [3.63, 3.8) is 0 Å². The lowest BCUT2D eigenvalue weighted by atomic mass is 10.2. The van der Waals surface area contributed by atoms with Crippen LogP contribution in [0.4, 0.5) is 0 Å². The van der Waals surface area contributed by atoms with Crippen LogP contribution in [0.25, 0.3) is 0 Å². The smallest absolute Gasteiger partial charge is 0.0489 e. The van der Waals surface area contributed by atoms with E-state index in [0.29, 0.717) is 5.92 Å². The number of hydrogen-bond acceptors (Lipinski definition) is 3. The minimum Gasteiger partial charge on any atom is -0.381 e. The lowest BCUT2D eigenvalue weighted by Gasteiger charge is -2.07. The van der Waals surface area contributed by atoms with E-state index in [1.54, 1.807) is 0 Å². The van der Waals surface area contributed by atoms with Gasteiger partial charge in [-0.2, -0.15) is 11.8 Å². The second-order valence-corrected chi connectivity index (χ2v) is 4.55. The van der Waals surface area contributed by atoms with Gasteiger partial charge in [0, 0.05) is 25.5 Å². The molecule has 2 nitrogen and oxygen atoms in total. The van der Waals surface area contributed by atoms with Gasteiger partial charge in [-0.3, -0.25) is 0 Å². The summed E-state index contributed by atoms with van der Waals surface area (Å²) in [5, 5.41) is 3.37. The lowest BCUT2D eigenvalue weighted by molar-refractivity contribution is 0.108. The van der Waals surface area contributed by atoms with Crippen molar-refractivity contribution in [2.45, 2.75) is 20.3 Å². The van der Waals surface area contributed by atoms with Crippen molar-refractivity contribution in [2.24, 2.45) is 5.92 Å². The highest BCUT2D eigenvalue weighted by Crippen LogP contribution is 1.93. The van der Waals surface area contributed by atoms with E-state index < -0.39 is 0 Å². The molecule has 0 radical (unpaired) electrons. The number of rotatable bonds is 9. The fourth-order valence-electron chi connectivity index (χ4n) is 0.917. The Labute approximate surface area is 86.8 Å². The molecule has 0 aliphatic heterocycles. The third kappa shape index (κ3) is 12.3. The van der Waals surface area contributed by atoms with Crippen LogP contribution in [0.1, 0.15) is 20.3 Å². The van der Waals surface area contributed by atoms with Gasteiger partial charge in [0.05, 0.1) is 0 Å². The number of thioether (sulfide) groups is 1. The maximum Gasteiger partial charge on any atom is 0.0489 e. The number of hydrogen-bond donors (Lipinski definition) is 1. The summed E-state index contributed by atoms with van der Waals surface area (Å²) in [6.45, 7) is 8.34. The van der Waals surface area contributed by atoms with E-state index in [2.05, 4.69) is 25.4 Å². The molecule has 0 spiro atoms. The van der Waals surface area contributed by atoms with Gasteiger partial charge in [0.2, 0.25) is 0 Å². The zero-order chi connectivity index (χ0) is 9.94. The quantitative estimate of drug-likeness (QED) is 0.582. The van der Waals surface area contributed by atoms with Crippen LogP contribution in [0.15, 0.2) is 0 Å². The summed E-state index contributed by atoms with van der Waals surface area (Å²) in [7, 11) is 0. The van der Waals surface area contributed by atoms with Crippen LogP contribution in [0.3, 0.4) is 0 Å². The van der Waals surface area contributed by atoms with Crippen molar-refractivity contribution in [3.8, 4) is 0 Å². The molecule has 13 heavy (non-hydrogen) atoms. The van der Waals surface area contributed by atoms with Crippen LogP contribution in [0.5, 0.6) is 0 Å². The first-order chi connectivity index (χ1) is 6.27. The Balaban J connectivity index is 2.84. The van der Waals surface area contributed by atoms with Gasteiger partial charge in [-0.25, -0.2) is 0 Å². The molecular weight excluding hydrogens is 182 g/mol. The summed E-state index contributed by atoms with van der Waals surface area (Å²) in [6, 6.07) is 0. The summed E-state index contributed by atoms with van der Waals surface area (Å²) in [5.41, 5.74) is 0. The summed E-state index contributed by atoms with van der Waals surface area (Å²) in [5.74, 6) is 1.86. The second-order valence-electron chi connectivity index (χ2n) is 3.57. The molecule has 80 valence electrons. The first kappa shape index (κ1) is 13.3. The van der Waals surface area contributed by atoms with E-state index in [0.717, 1.165) is 32.7 Å². The Hall–Kier alpha value is 0.270. The molecule has 0 bridgehead atoms. The summed E-state index contributed by atoms with van der Waals surface area (Å²) in [4.78, 5) is 0. The maximum atomic E-state index is 5.46. The fourth-order valence-corrected chi connectivity index (χ4v) is 1.27. The highest BCUT2D eigenvalue weighted by atomic mass is 32.2. The lowest BCUT2D eigenvalue weighted by Crippen LogP contribution is -2.19. The van der Waals surface area contributed by atoms with Crippen LogP contribution in [-0.2, 0) is 4.74 Å². The third-order valence-corrected chi connectivity index (χ3v) is 2.19. The molecular formula is C10H23NOS. The van der Waals surface area contributed by atoms with Crippen molar-refractivity contribution < 1.29 is 4.74 Å². The van der Waals surface area contributed by atoms with E-state index >= 15 is 0 Å². The largest absolute Gasteiger partial charge is 0.381 e. The average Bonchev–Trinajstić information content (AvgIpc) is 2.09. The van der Waals surface area contributed by atoms with E-state index in [1.165, 1.54) is 5.75 Å². The normalized spacial score (nSPS) is 11.1. The molecule has 3 heteroatoms. The van der Waals surface area contributed by atoms with E-state index in [9.17, 15) is 0 Å². The van der Waals surface area contributed by atoms with Crippen LogP contribution in [0.2, 0.25) is 0 Å². The summed E-state index contributed by atoms with van der Waals surface area (Å²) in [6.07, 6.45) is 3.26. The topological polar surface area (TPSA) is 21.3 Å². The van der Waals surface area contributed by atoms with Gasteiger partial charge in [-0.05, 0) is 25.1 Å². The van der Waals surface area contributed by atoms with Crippen LogP contribution < -0.4 is 5.32 Å². The van der Waals surface area contributed by atoms with E-state index in [4.69, 9.17) is 4.74 Å². The van der Waals surface area contributed by atoms with Gasteiger partial charge in [0.1, 0.15) is 0 Å². The molecule has 1 N–H and O–H groups in total. The first-order valence-electron chi connectivity index (χ1n) is 5.04. The van der Waals surface area contributed by atoms with E-state index in [1.807, 2.05) is 11.8 Å². The zero-order valence-corrected chi connectivity index (χ0v) is 9.95. The van der Waals surface area contributed by atoms with Gasteiger partial charge in [0.15, 0.2) is 0 Å². The molecule has 0 aliphatic carbocycles. The Morgan fingerprint density at radius 2 is 2.08 bits per heavy atom. The molecule has 0 heterocycles. The predicted octanol–water partition coefficient (Wildman–Crippen LogP) is 2.00. The molecule has 0 aliphatic rings. The Bertz CT molecular complexity index is 98.9. The van der Waals surface area contributed by atoms with Crippen molar-refractivity contribution in [2.75, 3.05) is 38.3 Å². The Morgan fingerprint density at radius 3 is 2.69 bits per heavy atom. The molecule has 0 saturated carbocycles. The van der Waals surface area contributed by atoms with Crippen molar-refractivity contribution in [3.05, 3.63) is 0 Å². The second kappa shape index (κ2) is 10.4. The third-order valence-electron chi connectivity index (χ3n) is 1.58. The minimum atomic E-state index is 0.657. The van der Waals surface area contributed by atoms with Crippen molar-refractivity contribution >= 4 is 11.8 Å². The SMILES string of the molecule is CSCCNCCCOCC(C)C. The average molecular weight is 205 g/mol. The molecule has 0 atom stereocenters. The molecule has 0 aromatic heterocycles. The van der Waals surface area contributed by atoms with Crippen molar-refractivity contribution in [1.29, 1.82) is 0 Å². The Morgan fingerprint density at radius 1 is 1.31 bits per heavy atom. The first-order valence-corrected chi connectivity index (χ1v) is 6.44. The highest BCUT2D eigenvalue weighted by Gasteiger charge is 1.93. The molecule has 0 saturated heterocycles. The standard InChI is InChI=1S/C10H23NOS/c1-10(2)9-12-7-4-5-11-6-8-13-3/h10-11H,4-9H2,1-3H3. The van der Waals surface area contributed by atoms with Crippen LogP contribution in [-0.4, -0.2) is 38.3 Å². The number of nitrogens with one attached hydrogen (secondary N) is 1. The highest BCUT2D eigenvalue weighted by molar-refractivity contribution is 7.98. The molecule has 0 amide bonds. The predicted molar refractivity (Wildman–Crippen MR) is 61.5 cm³/mol. The summed E-state index contributed by atoms with van der Waals surface area (Å²) < 4.78 is 5.46. The fraction of sp³-hybridized carbons (Fsp3) is 1.00. The van der Waals surface area contributed by atoms with E-state index in [-0.39, 0.29) is 0 Å². The van der Waals surface area contributed by atoms with Gasteiger partial charge in [-0.15, -0.1) is 0 Å². The number of ether oxygens (including phenoxy) is 1. The Kier molecular flexibility index (Phi) is 10.6. The molecule has 0 aromatic rings. The van der Waals surface area contributed by atoms with Crippen molar-refractivity contribution in [1.82, 2.24) is 5.32 Å². The summed E-state index contributed by atoms with van der Waals surface area (Å²) >= 11 is 1.88. The maximum absolute atomic E-state index is 5.46. The monoisotopic (exact) mass is 205 g/mol. The molecule has 0 rings (SSSR count). The molecule has 0 unspecified atom stereocenters. The van der Waals surface area contributed by atoms with Crippen LogP contribution >= 0.6 is 11.8 Å². The van der Waals surface area contributed by atoms with Gasteiger partial charge < -0.3 is 10.1 Å². The van der Waals surface area contributed by atoms with Crippen LogP contribution in [0, 0.1) is 5.92 Å². The van der Waals surface area contributed by atoms with Gasteiger partial charge >= 0.3 is 0 Å².